The van der Waals surface area contributed by atoms with Crippen molar-refractivity contribution < 1.29 is 4.74 Å². The number of nitrogens with zero attached hydrogens (tertiary/aromatic N) is 1. The minimum atomic E-state index is 0.394. The lowest BCUT2D eigenvalue weighted by Crippen LogP contribution is -2.12. The first-order chi connectivity index (χ1) is 21.7. The topological polar surface area (TPSA) is 12.5 Å². The Hall–Kier alpha value is -1.54. The summed E-state index contributed by atoms with van der Waals surface area (Å²) in [6, 6.07) is 0. The van der Waals surface area contributed by atoms with Gasteiger partial charge in [0.2, 0.25) is 0 Å². The Kier molecular flexibility index (Phi) is 36.3. The van der Waals surface area contributed by atoms with Crippen LogP contribution in [0.2, 0.25) is 0 Å². The maximum absolute atomic E-state index is 6.21. The molecule has 0 aliphatic heterocycles. The Balaban J connectivity index is 3.87. The highest BCUT2D eigenvalue weighted by Gasteiger charge is 2.08. The number of ether oxygens (including phenoxy) is 1. The van der Waals surface area contributed by atoms with Gasteiger partial charge in [0.05, 0.1) is 12.4 Å². The minimum Gasteiger partial charge on any atom is -0.498 e. The molecule has 0 saturated carbocycles. The quantitative estimate of drug-likeness (QED) is 0.0408. The van der Waals surface area contributed by atoms with Gasteiger partial charge in [-0.2, -0.15) is 0 Å². The van der Waals surface area contributed by atoms with Gasteiger partial charge in [-0.25, -0.2) is 0 Å². The fourth-order valence-electron chi connectivity index (χ4n) is 5.42. The first-order valence-electron chi connectivity index (χ1n) is 19.3. The van der Waals surface area contributed by atoms with Gasteiger partial charge in [-0.1, -0.05) is 140 Å². The highest BCUT2D eigenvalue weighted by molar-refractivity contribution is 4.93. The van der Waals surface area contributed by atoms with E-state index in [2.05, 4.69) is 87.5 Å². The standard InChI is InChI=1S/C42H77NO/c1-5-7-9-11-13-15-17-19-21-23-25-27-29-31-33-35-38-42(44-41-37-40-43(3)4)39-36-34-32-30-28-26-24-22-20-18-16-14-12-10-8-6-2/h13-16,19-22,37,41-42H,5-12,17-18,23-36,38-40H2,1-4H3. The molecule has 0 unspecified atom stereocenters. The van der Waals surface area contributed by atoms with Gasteiger partial charge in [0.1, 0.15) is 0 Å². The normalized spacial score (nSPS) is 13.3. The molecule has 0 fully saturated rings. The van der Waals surface area contributed by atoms with Crippen LogP contribution in [0.15, 0.2) is 60.9 Å². The van der Waals surface area contributed by atoms with Crippen molar-refractivity contribution in [1.29, 1.82) is 0 Å². The molecule has 0 aromatic heterocycles. The predicted molar refractivity (Wildman–Crippen MR) is 201 cm³/mol. The molecule has 0 aliphatic rings. The second-order valence-corrected chi connectivity index (χ2v) is 13.1. The van der Waals surface area contributed by atoms with E-state index in [1.165, 1.54) is 154 Å². The van der Waals surface area contributed by atoms with Crippen LogP contribution in [-0.2, 0) is 4.74 Å². The zero-order chi connectivity index (χ0) is 32.0. The van der Waals surface area contributed by atoms with Gasteiger partial charge in [-0.3, -0.25) is 0 Å². The molecule has 256 valence electrons. The van der Waals surface area contributed by atoms with E-state index in [1.807, 2.05) is 6.26 Å². The number of allylic oxidation sites excluding steroid dienone is 8. The van der Waals surface area contributed by atoms with Gasteiger partial charge in [0, 0.05) is 6.54 Å². The van der Waals surface area contributed by atoms with Crippen molar-refractivity contribution in [3.63, 3.8) is 0 Å². The van der Waals surface area contributed by atoms with Crippen LogP contribution in [-0.4, -0.2) is 31.6 Å². The molecule has 0 aliphatic carbocycles. The third-order valence-electron chi connectivity index (χ3n) is 8.29. The number of likely N-dealkylation sites (N-methyl/N-ethyl adjacent to an activating group) is 1. The molecule has 0 N–H and O–H groups in total. The molecule has 0 spiro atoms. The highest BCUT2D eigenvalue weighted by atomic mass is 16.5. The van der Waals surface area contributed by atoms with Crippen LogP contribution in [0.3, 0.4) is 0 Å². The molecule has 0 bridgehead atoms. The lowest BCUT2D eigenvalue weighted by Gasteiger charge is -2.17. The first-order valence-corrected chi connectivity index (χ1v) is 19.3. The van der Waals surface area contributed by atoms with E-state index in [-0.39, 0.29) is 0 Å². The smallest absolute Gasteiger partial charge is 0.0978 e. The van der Waals surface area contributed by atoms with E-state index in [0.29, 0.717) is 6.10 Å². The molecule has 0 atom stereocenters. The molecule has 0 heterocycles. The SMILES string of the molecule is CCCCCC=CCC=CCCCCCCCCC(CCCCCCCCC=CCC=CCCCCC)OC=CCN(C)C. The first kappa shape index (κ1) is 42.5. The Bertz CT molecular complexity index is 638. The molecule has 0 amide bonds. The third-order valence-corrected chi connectivity index (χ3v) is 8.29. The summed E-state index contributed by atoms with van der Waals surface area (Å²) in [7, 11) is 4.21. The summed E-state index contributed by atoms with van der Waals surface area (Å²) in [6.07, 6.45) is 57.2. The Labute approximate surface area is 277 Å². The molecule has 2 nitrogen and oxygen atoms in total. The summed E-state index contributed by atoms with van der Waals surface area (Å²) < 4.78 is 6.21. The van der Waals surface area contributed by atoms with Crippen LogP contribution < -0.4 is 0 Å². The van der Waals surface area contributed by atoms with Crippen LogP contribution in [0.25, 0.3) is 0 Å². The van der Waals surface area contributed by atoms with E-state index in [0.717, 1.165) is 19.4 Å². The molecule has 0 saturated heterocycles. The number of hydrogen-bond donors (Lipinski definition) is 0. The fraction of sp³-hybridized carbons (Fsp3) is 0.762. The van der Waals surface area contributed by atoms with Crippen molar-refractivity contribution in [1.82, 2.24) is 4.90 Å². The van der Waals surface area contributed by atoms with Crippen LogP contribution >= 0.6 is 0 Å². The largest absolute Gasteiger partial charge is 0.498 e. The summed E-state index contributed by atoms with van der Waals surface area (Å²) in [5, 5.41) is 0. The van der Waals surface area contributed by atoms with Crippen molar-refractivity contribution in [3.8, 4) is 0 Å². The van der Waals surface area contributed by atoms with Crippen molar-refractivity contribution in [2.24, 2.45) is 0 Å². The summed E-state index contributed by atoms with van der Waals surface area (Å²) in [5.41, 5.74) is 0. The average molecular weight is 612 g/mol. The monoisotopic (exact) mass is 612 g/mol. The lowest BCUT2D eigenvalue weighted by molar-refractivity contribution is 0.120. The maximum Gasteiger partial charge on any atom is 0.0978 e. The van der Waals surface area contributed by atoms with Crippen LogP contribution in [0.5, 0.6) is 0 Å². The Morgan fingerprint density at radius 1 is 0.432 bits per heavy atom. The molecule has 0 rings (SSSR count). The molecule has 44 heavy (non-hydrogen) atoms. The van der Waals surface area contributed by atoms with E-state index in [1.54, 1.807) is 0 Å². The van der Waals surface area contributed by atoms with Gasteiger partial charge in [-0.15, -0.1) is 0 Å². The predicted octanol–water partition coefficient (Wildman–Crippen LogP) is 13.9. The molecular formula is C42H77NO. The number of hydrogen-bond acceptors (Lipinski definition) is 2. The van der Waals surface area contributed by atoms with E-state index in [9.17, 15) is 0 Å². The second kappa shape index (κ2) is 37.6. The summed E-state index contributed by atoms with van der Waals surface area (Å²) >= 11 is 0. The van der Waals surface area contributed by atoms with E-state index < -0.39 is 0 Å². The number of unbranched alkanes of at least 4 members (excludes halogenated alkanes) is 18. The van der Waals surface area contributed by atoms with Gasteiger partial charge in [0.25, 0.3) is 0 Å². The Morgan fingerprint density at radius 3 is 1.18 bits per heavy atom. The van der Waals surface area contributed by atoms with Gasteiger partial charge < -0.3 is 9.64 Å². The third kappa shape index (κ3) is 36.7. The van der Waals surface area contributed by atoms with Crippen molar-refractivity contribution in [2.75, 3.05) is 20.6 Å². The number of rotatable bonds is 34. The molecule has 0 radical (unpaired) electrons. The summed E-state index contributed by atoms with van der Waals surface area (Å²) in [6.45, 7) is 5.48. The van der Waals surface area contributed by atoms with Crippen molar-refractivity contribution >= 4 is 0 Å². The van der Waals surface area contributed by atoms with Crippen LogP contribution in [0, 0.1) is 0 Å². The van der Waals surface area contributed by atoms with Gasteiger partial charge >= 0.3 is 0 Å². The van der Waals surface area contributed by atoms with Crippen molar-refractivity contribution in [3.05, 3.63) is 60.9 Å². The van der Waals surface area contributed by atoms with Gasteiger partial charge in [-0.05, 0) is 110 Å². The van der Waals surface area contributed by atoms with Crippen molar-refractivity contribution in [2.45, 2.75) is 187 Å². The summed E-state index contributed by atoms with van der Waals surface area (Å²) in [5.74, 6) is 0. The molecular weight excluding hydrogens is 534 g/mol. The Morgan fingerprint density at radius 2 is 0.795 bits per heavy atom. The van der Waals surface area contributed by atoms with E-state index in [4.69, 9.17) is 4.74 Å². The fourth-order valence-corrected chi connectivity index (χ4v) is 5.42. The lowest BCUT2D eigenvalue weighted by atomic mass is 10.0. The zero-order valence-electron chi connectivity index (χ0n) is 30.3. The van der Waals surface area contributed by atoms with Crippen LogP contribution in [0.4, 0.5) is 0 Å². The minimum absolute atomic E-state index is 0.394. The van der Waals surface area contributed by atoms with Gasteiger partial charge in [0.15, 0.2) is 0 Å². The molecule has 2 heteroatoms. The van der Waals surface area contributed by atoms with Crippen LogP contribution in [0.1, 0.15) is 181 Å². The second-order valence-electron chi connectivity index (χ2n) is 13.1. The molecule has 0 aromatic rings. The highest BCUT2D eigenvalue weighted by Crippen LogP contribution is 2.18. The van der Waals surface area contributed by atoms with E-state index >= 15 is 0 Å². The summed E-state index contributed by atoms with van der Waals surface area (Å²) in [4.78, 5) is 2.18. The zero-order valence-corrected chi connectivity index (χ0v) is 30.3. The molecule has 0 aromatic carbocycles. The average Bonchev–Trinajstić information content (AvgIpc) is 3.02. The maximum atomic E-state index is 6.21.